The van der Waals surface area contributed by atoms with E-state index in [-0.39, 0.29) is 10.8 Å². The number of hydrogen-bond donors (Lipinski definition) is 1. The van der Waals surface area contributed by atoms with E-state index in [0.29, 0.717) is 12.6 Å². The van der Waals surface area contributed by atoms with Gasteiger partial charge < -0.3 is 10.1 Å². The van der Waals surface area contributed by atoms with Gasteiger partial charge in [0, 0.05) is 12.6 Å². The first-order valence-corrected chi connectivity index (χ1v) is 7.43. The summed E-state index contributed by atoms with van der Waals surface area (Å²) < 4.78 is 19.0. The van der Waals surface area contributed by atoms with Crippen LogP contribution in [0.15, 0.2) is 18.2 Å². The molecule has 2 fully saturated rings. The summed E-state index contributed by atoms with van der Waals surface area (Å²) in [5.74, 6) is 1.51. The quantitative estimate of drug-likeness (QED) is 0.772. The standard InChI is InChI=1S/C15H19ClFNO/c16-12-2-1-3-13(14(12)17)19-9-8-18-15(10-4-5-10)11-6-7-11/h1-3,10-11,15,18H,4-9H2. The Morgan fingerprint density at radius 3 is 2.58 bits per heavy atom. The Bertz CT molecular complexity index is 434. The van der Waals surface area contributed by atoms with Crippen molar-refractivity contribution in [3.05, 3.63) is 29.0 Å². The lowest BCUT2D eigenvalue weighted by Gasteiger charge is -2.17. The van der Waals surface area contributed by atoms with E-state index in [9.17, 15) is 4.39 Å². The van der Waals surface area contributed by atoms with Gasteiger partial charge in [-0.25, -0.2) is 4.39 Å². The third-order valence-electron chi connectivity index (χ3n) is 3.92. The fourth-order valence-electron chi connectivity index (χ4n) is 2.61. The molecule has 0 amide bonds. The lowest BCUT2D eigenvalue weighted by Crippen LogP contribution is -2.36. The van der Waals surface area contributed by atoms with Crippen LogP contribution in [0, 0.1) is 17.7 Å². The monoisotopic (exact) mass is 283 g/mol. The number of benzene rings is 1. The molecule has 19 heavy (non-hydrogen) atoms. The smallest absolute Gasteiger partial charge is 0.183 e. The molecule has 0 aliphatic heterocycles. The van der Waals surface area contributed by atoms with Gasteiger partial charge in [0.2, 0.25) is 0 Å². The van der Waals surface area contributed by atoms with E-state index in [2.05, 4.69) is 5.32 Å². The minimum absolute atomic E-state index is 0.110. The van der Waals surface area contributed by atoms with Crippen LogP contribution in [0.2, 0.25) is 5.02 Å². The molecule has 0 unspecified atom stereocenters. The molecule has 1 aromatic rings. The molecule has 0 atom stereocenters. The lowest BCUT2D eigenvalue weighted by atomic mass is 10.1. The van der Waals surface area contributed by atoms with Crippen LogP contribution < -0.4 is 10.1 Å². The Hall–Kier alpha value is -0.800. The predicted molar refractivity (Wildman–Crippen MR) is 74.1 cm³/mol. The maximum absolute atomic E-state index is 13.6. The van der Waals surface area contributed by atoms with E-state index in [1.807, 2.05) is 0 Å². The molecule has 2 aliphatic rings. The molecule has 1 aromatic carbocycles. The fourth-order valence-corrected chi connectivity index (χ4v) is 2.78. The molecule has 0 heterocycles. The summed E-state index contributed by atoms with van der Waals surface area (Å²) >= 11 is 5.71. The third kappa shape index (κ3) is 3.40. The molecule has 2 nitrogen and oxygen atoms in total. The van der Waals surface area contributed by atoms with Gasteiger partial charge in [-0.3, -0.25) is 0 Å². The summed E-state index contributed by atoms with van der Waals surface area (Å²) in [7, 11) is 0. The molecule has 104 valence electrons. The van der Waals surface area contributed by atoms with Crippen molar-refractivity contribution in [2.24, 2.45) is 11.8 Å². The van der Waals surface area contributed by atoms with Crippen LogP contribution in [-0.4, -0.2) is 19.2 Å². The van der Waals surface area contributed by atoms with Gasteiger partial charge in [0.05, 0.1) is 5.02 Å². The number of nitrogens with one attached hydrogen (secondary N) is 1. The first-order chi connectivity index (χ1) is 9.25. The molecule has 0 saturated heterocycles. The van der Waals surface area contributed by atoms with Crippen molar-refractivity contribution in [2.45, 2.75) is 31.7 Å². The van der Waals surface area contributed by atoms with E-state index in [1.54, 1.807) is 12.1 Å². The molecule has 0 spiro atoms. The maximum Gasteiger partial charge on any atom is 0.183 e. The molecular formula is C15H19ClFNO. The van der Waals surface area contributed by atoms with Crippen molar-refractivity contribution in [2.75, 3.05) is 13.2 Å². The fraction of sp³-hybridized carbons (Fsp3) is 0.600. The Kier molecular flexibility index (Phi) is 3.94. The van der Waals surface area contributed by atoms with Gasteiger partial charge in [-0.05, 0) is 49.7 Å². The third-order valence-corrected chi connectivity index (χ3v) is 4.21. The Morgan fingerprint density at radius 2 is 1.95 bits per heavy atom. The van der Waals surface area contributed by atoms with Crippen molar-refractivity contribution < 1.29 is 9.13 Å². The lowest BCUT2D eigenvalue weighted by molar-refractivity contribution is 0.282. The average Bonchev–Trinajstić information content (AvgIpc) is 3.27. The summed E-state index contributed by atoms with van der Waals surface area (Å²) in [5.41, 5.74) is 0. The zero-order valence-electron chi connectivity index (χ0n) is 10.9. The largest absolute Gasteiger partial charge is 0.489 e. The maximum atomic E-state index is 13.6. The summed E-state index contributed by atoms with van der Waals surface area (Å²) in [4.78, 5) is 0. The zero-order chi connectivity index (χ0) is 13.2. The molecule has 1 N–H and O–H groups in total. The van der Waals surface area contributed by atoms with Crippen LogP contribution in [0.1, 0.15) is 25.7 Å². The van der Waals surface area contributed by atoms with Crippen LogP contribution in [0.3, 0.4) is 0 Å². The second-order valence-electron chi connectivity index (χ2n) is 5.56. The van der Waals surface area contributed by atoms with Crippen molar-refractivity contribution in [1.82, 2.24) is 5.32 Å². The van der Waals surface area contributed by atoms with Crippen LogP contribution in [-0.2, 0) is 0 Å². The van der Waals surface area contributed by atoms with Gasteiger partial charge in [0.15, 0.2) is 11.6 Å². The van der Waals surface area contributed by atoms with Crippen molar-refractivity contribution in [1.29, 1.82) is 0 Å². The highest BCUT2D eigenvalue weighted by Crippen LogP contribution is 2.44. The molecule has 3 rings (SSSR count). The van der Waals surface area contributed by atoms with Crippen LogP contribution >= 0.6 is 11.6 Å². The summed E-state index contributed by atoms with van der Waals surface area (Å²) in [6.07, 6.45) is 5.44. The molecule has 0 aromatic heterocycles. The molecule has 0 bridgehead atoms. The summed E-state index contributed by atoms with van der Waals surface area (Å²) in [6, 6.07) is 5.50. The molecule has 2 aliphatic carbocycles. The molecule has 2 saturated carbocycles. The van der Waals surface area contributed by atoms with E-state index in [4.69, 9.17) is 16.3 Å². The van der Waals surface area contributed by atoms with Crippen molar-refractivity contribution >= 4 is 11.6 Å². The molecule has 0 radical (unpaired) electrons. The average molecular weight is 284 g/mol. The van der Waals surface area contributed by atoms with Crippen molar-refractivity contribution in [3.8, 4) is 5.75 Å². The van der Waals surface area contributed by atoms with E-state index < -0.39 is 5.82 Å². The Labute approximate surface area is 118 Å². The first-order valence-electron chi connectivity index (χ1n) is 7.06. The van der Waals surface area contributed by atoms with Crippen LogP contribution in [0.5, 0.6) is 5.75 Å². The van der Waals surface area contributed by atoms with Gasteiger partial charge >= 0.3 is 0 Å². The topological polar surface area (TPSA) is 21.3 Å². The molecular weight excluding hydrogens is 265 g/mol. The zero-order valence-corrected chi connectivity index (χ0v) is 11.6. The van der Waals surface area contributed by atoms with Gasteiger partial charge in [-0.2, -0.15) is 0 Å². The number of halogens is 2. The van der Waals surface area contributed by atoms with Gasteiger partial charge in [-0.1, -0.05) is 17.7 Å². The highest BCUT2D eigenvalue weighted by molar-refractivity contribution is 6.30. The number of hydrogen-bond acceptors (Lipinski definition) is 2. The van der Waals surface area contributed by atoms with E-state index in [0.717, 1.165) is 18.4 Å². The number of ether oxygens (including phenoxy) is 1. The Balaban J connectivity index is 1.43. The van der Waals surface area contributed by atoms with Gasteiger partial charge in [-0.15, -0.1) is 0 Å². The predicted octanol–water partition coefficient (Wildman–Crippen LogP) is 3.64. The normalized spacial score (nSPS) is 18.9. The molecule has 4 heteroatoms. The second kappa shape index (κ2) is 5.68. The highest BCUT2D eigenvalue weighted by atomic mass is 35.5. The van der Waals surface area contributed by atoms with E-state index >= 15 is 0 Å². The van der Waals surface area contributed by atoms with Crippen LogP contribution in [0.4, 0.5) is 4.39 Å². The summed E-state index contributed by atoms with van der Waals surface area (Å²) in [6.45, 7) is 1.25. The van der Waals surface area contributed by atoms with Crippen molar-refractivity contribution in [3.63, 3.8) is 0 Å². The minimum atomic E-state index is -0.467. The Morgan fingerprint density at radius 1 is 1.26 bits per heavy atom. The van der Waals surface area contributed by atoms with Gasteiger partial charge in [0.1, 0.15) is 6.61 Å². The van der Waals surface area contributed by atoms with Gasteiger partial charge in [0.25, 0.3) is 0 Å². The summed E-state index contributed by atoms with van der Waals surface area (Å²) in [5, 5.41) is 3.68. The first kappa shape index (κ1) is 13.2. The minimum Gasteiger partial charge on any atom is -0.489 e. The highest BCUT2D eigenvalue weighted by Gasteiger charge is 2.40. The van der Waals surface area contributed by atoms with E-state index in [1.165, 1.54) is 31.7 Å². The SMILES string of the molecule is Fc1c(Cl)cccc1OCCNC(C1CC1)C1CC1. The second-order valence-corrected chi connectivity index (χ2v) is 5.96. The van der Waals surface area contributed by atoms with Crippen LogP contribution in [0.25, 0.3) is 0 Å². The number of rotatable bonds is 7.